The number of anilines is 1. The molecule has 0 aliphatic heterocycles. The van der Waals surface area contributed by atoms with Crippen molar-refractivity contribution in [3.05, 3.63) is 26.7 Å². The van der Waals surface area contributed by atoms with Gasteiger partial charge in [0.25, 0.3) is 0 Å². The largest absolute Gasteiger partial charge is 0.325 e. The minimum atomic E-state index is -0.689. The van der Waals surface area contributed by atoms with Crippen LogP contribution >= 0.6 is 50.7 Å². The Morgan fingerprint density at radius 3 is 2.50 bits per heavy atom. The maximum absolute atomic E-state index is 11.4. The van der Waals surface area contributed by atoms with Gasteiger partial charge in [-0.1, -0.05) is 23.2 Å². The summed E-state index contributed by atoms with van der Waals surface area (Å²) < 4.78 is 0.610. The van der Waals surface area contributed by atoms with Crippen molar-refractivity contribution in [3.8, 4) is 0 Å². The van der Waals surface area contributed by atoms with E-state index in [0.29, 0.717) is 10.2 Å². The van der Waals surface area contributed by atoms with Crippen molar-refractivity contribution >= 4 is 68.4 Å². The molecule has 0 unspecified atom stereocenters. The number of nitrogens with one attached hydrogen (secondary N) is 2. The molecule has 4 nitrogen and oxygen atoms in total. The fraction of sp³-hybridized carbons (Fsp3) is 0.200. The average molecular weight is 374 g/mol. The van der Waals surface area contributed by atoms with Gasteiger partial charge in [-0.3, -0.25) is 10.1 Å². The lowest BCUT2D eigenvalue weighted by molar-refractivity contribution is -0.119. The Hall–Kier alpha value is -0.490. The van der Waals surface area contributed by atoms with E-state index in [1.54, 1.807) is 12.1 Å². The van der Waals surface area contributed by atoms with E-state index in [4.69, 9.17) is 34.8 Å². The van der Waals surface area contributed by atoms with E-state index in [1.165, 1.54) is 0 Å². The van der Waals surface area contributed by atoms with Gasteiger partial charge in [-0.25, -0.2) is 4.79 Å². The van der Waals surface area contributed by atoms with E-state index in [1.807, 2.05) is 0 Å². The summed E-state index contributed by atoms with van der Waals surface area (Å²) in [5.74, 6) is -0.328. The molecule has 1 aromatic rings. The molecule has 0 atom stereocenters. The van der Waals surface area contributed by atoms with Crippen molar-refractivity contribution in [2.45, 2.75) is 6.42 Å². The predicted molar refractivity (Wildman–Crippen MR) is 76.7 cm³/mol. The summed E-state index contributed by atoms with van der Waals surface area (Å²) in [4.78, 5) is 22.6. The van der Waals surface area contributed by atoms with E-state index < -0.39 is 11.9 Å². The Labute approximate surface area is 127 Å². The number of halogens is 4. The summed E-state index contributed by atoms with van der Waals surface area (Å²) in [7, 11) is 0. The van der Waals surface area contributed by atoms with Gasteiger partial charge >= 0.3 is 6.03 Å². The molecule has 0 aromatic heterocycles. The van der Waals surface area contributed by atoms with Crippen molar-refractivity contribution in [2.75, 3.05) is 11.2 Å². The second-order valence-corrected chi connectivity index (χ2v) is 5.15. The highest BCUT2D eigenvalue weighted by Gasteiger charge is 2.12. The molecule has 0 saturated carbocycles. The zero-order chi connectivity index (χ0) is 13.7. The number of hydrogen-bond donors (Lipinski definition) is 2. The van der Waals surface area contributed by atoms with Crippen molar-refractivity contribution in [1.82, 2.24) is 5.32 Å². The number of benzene rings is 1. The summed E-state index contributed by atoms with van der Waals surface area (Å²) in [6.45, 7) is 0. The molecule has 1 aromatic carbocycles. The summed E-state index contributed by atoms with van der Waals surface area (Å²) in [6.07, 6.45) is 0.0593. The molecule has 8 heteroatoms. The smallest absolute Gasteiger partial charge is 0.306 e. The van der Waals surface area contributed by atoms with Crippen LogP contribution in [0.3, 0.4) is 0 Å². The molecule has 0 bridgehead atoms. The van der Waals surface area contributed by atoms with E-state index in [-0.39, 0.29) is 22.3 Å². The highest BCUT2D eigenvalue weighted by atomic mass is 79.9. The third-order valence-corrected chi connectivity index (χ3v) is 3.82. The van der Waals surface area contributed by atoms with Crippen LogP contribution in [0.5, 0.6) is 0 Å². The third kappa shape index (κ3) is 4.31. The second-order valence-electron chi connectivity index (χ2n) is 3.16. The van der Waals surface area contributed by atoms with Gasteiger partial charge in [0.15, 0.2) is 0 Å². The van der Waals surface area contributed by atoms with Crippen LogP contribution in [0.2, 0.25) is 10.0 Å². The number of alkyl halides is 1. The number of carbonyl (C=O) groups is 2. The van der Waals surface area contributed by atoms with Gasteiger partial charge in [-0.2, -0.15) is 0 Å². The molecule has 2 N–H and O–H groups in total. The first kappa shape index (κ1) is 15.6. The minimum Gasteiger partial charge on any atom is -0.306 e. The zero-order valence-electron chi connectivity index (χ0n) is 8.90. The molecule has 0 radical (unpaired) electrons. The molecule has 0 spiro atoms. The Morgan fingerprint density at radius 1 is 1.22 bits per heavy atom. The Morgan fingerprint density at radius 2 is 1.89 bits per heavy atom. The van der Waals surface area contributed by atoms with Crippen molar-refractivity contribution in [2.24, 2.45) is 0 Å². The number of amides is 3. The quantitative estimate of drug-likeness (QED) is 0.620. The number of rotatable bonds is 3. The number of carbonyl (C=O) groups excluding carboxylic acids is 2. The van der Waals surface area contributed by atoms with Gasteiger partial charge in [0.2, 0.25) is 5.91 Å². The first-order valence-corrected chi connectivity index (χ1v) is 6.84. The first-order chi connectivity index (χ1) is 8.45. The fourth-order valence-electron chi connectivity index (χ4n) is 1.05. The Bertz CT molecular complexity index is 482. The van der Waals surface area contributed by atoms with Gasteiger partial charge in [-0.15, -0.1) is 11.6 Å². The molecule has 18 heavy (non-hydrogen) atoms. The van der Waals surface area contributed by atoms with E-state index in [0.717, 1.165) is 0 Å². The molecular formula is C10H8BrCl3N2O2. The SMILES string of the molecule is O=C(CCCl)NC(=O)Nc1ccc(Br)c(Cl)c1Cl. The maximum Gasteiger partial charge on any atom is 0.325 e. The van der Waals surface area contributed by atoms with Gasteiger partial charge in [-0.05, 0) is 28.1 Å². The van der Waals surface area contributed by atoms with Gasteiger partial charge < -0.3 is 5.32 Å². The zero-order valence-corrected chi connectivity index (χ0v) is 12.8. The summed E-state index contributed by atoms with van der Waals surface area (Å²) >= 11 is 20.4. The van der Waals surface area contributed by atoms with E-state index in [9.17, 15) is 9.59 Å². The van der Waals surface area contributed by atoms with Crippen LogP contribution in [0.4, 0.5) is 10.5 Å². The Kier molecular flexibility index (Phi) is 6.21. The molecule has 3 amide bonds. The lowest BCUT2D eigenvalue weighted by Crippen LogP contribution is -2.34. The van der Waals surface area contributed by atoms with Crippen LogP contribution in [0.25, 0.3) is 0 Å². The standard InChI is InChI=1S/C10H8BrCl3N2O2/c11-5-1-2-6(9(14)8(5)13)15-10(18)16-7(17)3-4-12/h1-2H,3-4H2,(H2,15,16,17,18). The molecule has 0 heterocycles. The van der Waals surface area contributed by atoms with Crippen LogP contribution < -0.4 is 10.6 Å². The molecule has 0 aliphatic rings. The van der Waals surface area contributed by atoms with E-state index >= 15 is 0 Å². The van der Waals surface area contributed by atoms with Crippen LogP contribution in [0.1, 0.15) is 6.42 Å². The van der Waals surface area contributed by atoms with Crippen LogP contribution in [-0.2, 0) is 4.79 Å². The lowest BCUT2D eigenvalue weighted by atomic mass is 10.3. The molecular weight excluding hydrogens is 366 g/mol. The first-order valence-electron chi connectivity index (χ1n) is 4.76. The summed E-state index contributed by atoms with van der Waals surface area (Å²) in [5, 5.41) is 4.99. The molecule has 1 rings (SSSR count). The molecule has 0 aliphatic carbocycles. The maximum atomic E-state index is 11.4. The number of imide groups is 1. The summed E-state index contributed by atoms with van der Waals surface area (Å²) in [5.41, 5.74) is 0.307. The highest BCUT2D eigenvalue weighted by molar-refractivity contribution is 9.10. The van der Waals surface area contributed by atoms with Crippen molar-refractivity contribution < 1.29 is 9.59 Å². The third-order valence-electron chi connectivity index (χ3n) is 1.86. The van der Waals surface area contributed by atoms with Crippen molar-refractivity contribution in [3.63, 3.8) is 0 Å². The molecule has 0 fully saturated rings. The van der Waals surface area contributed by atoms with Crippen LogP contribution in [0, 0.1) is 0 Å². The van der Waals surface area contributed by atoms with Crippen LogP contribution in [-0.4, -0.2) is 17.8 Å². The Balaban J connectivity index is 2.71. The molecule has 98 valence electrons. The normalized spacial score (nSPS) is 10.0. The fourth-order valence-corrected chi connectivity index (χ4v) is 2.04. The number of urea groups is 1. The van der Waals surface area contributed by atoms with Crippen molar-refractivity contribution in [1.29, 1.82) is 0 Å². The second kappa shape index (κ2) is 7.19. The lowest BCUT2D eigenvalue weighted by Gasteiger charge is -2.09. The monoisotopic (exact) mass is 372 g/mol. The van der Waals surface area contributed by atoms with Gasteiger partial charge in [0.1, 0.15) is 0 Å². The van der Waals surface area contributed by atoms with E-state index in [2.05, 4.69) is 26.6 Å². The molecule has 0 saturated heterocycles. The highest BCUT2D eigenvalue weighted by Crippen LogP contribution is 2.35. The summed E-state index contributed by atoms with van der Waals surface area (Å²) in [6, 6.07) is 2.50. The average Bonchev–Trinajstić information content (AvgIpc) is 2.30. The number of hydrogen-bond acceptors (Lipinski definition) is 2. The van der Waals surface area contributed by atoms with Gasteiger partial charge in [0, 0.05) is 16.8 Å². The minimum absolute atomic E-state index is 0.0593. The van der Waals surface area contributed by atoms with Gasteiger partial charge in [0.05, 0.1) is 15.7 Å². The van der Waals surface area contributed by atoms with Crippen LogP contribution in [0.15, 0.2) is 16.6 Å². The topological polar surface area (TPSA) is 58.2 Å². The predicted octanol–water partition coefficient (Wildman–Crippen LogP) is 4.03.